The third-order valence-corrected chi connectivity index (χ3v) is 6.81. The predicted molar refractivity (Wildman–Crippen MR) is 91.8 cm³/mol. The molecule has 2 rings (SSSR count). The van der Waals surface area contributed by atoms with Crippen LogP contribution < -0.4 is 0 Å². The van der Waals surface area contributed by atoms with Gasteiger partial charge in [0.05, 0.1) is 6.10 Å². The minimum Gasteiger partial charge on any atom is -0.369 e. The highest BCUT2D eigenvalue weighted by Gasteiger charge is 2.34. The summed E-state index contributed by atoms with van der Waals surface area (Å²) >= 11 is 0. The molecule has 2 saturated heterocycles. The quantitative estimate of drug-likeness (QED) is 0.633. The number of carbonyl (C=O) groups excluding carboxylic acids is 1. The second kappa shape index (κ2) is 8.57. The summed E-state index contributed by atoms with van der Waals surface area (Å²) in [4.78, 5) is 15.9. The van der Waals surface area contributed by atoms with Crippen LogP contribution in [0.15, 0.2) is 0 Å². The van der Waals surface area contributed by atoms with Crippen LogP contribution in [0.5, 0.6) is 0 Å². The normalized spacial score (nSPS) is 23.4. The van der Waals surface area contributed by atoms with Gasteiger partial charge in [0.15, 0.2) is 0 Å². The highest BCUT2D eigenvalue weighted by molar-refractivity contribution is 7.86. The summed E-state index contributed by atoms with van der Waals surface area (Å²) in [7, 11) is -1.42. The molecule has 24 heavy (non-hydrogen) atoms. The van der Waals surface area contributed by atoms with Gasteiger partial charge in [0, 0.05) is 52.4 Å². The zero-order chi connectivity index (χ0) is 17.7. The molecule has 1 atom stereocenters. The van der Waals surface area contributed by atoms with Crippen LogP contribution in [-0.2, 0) is 19.7 Å². The van der Waals surface area contributed by atoms with E-state index in [-0.39, 0.29) is 18.6 Å². The fourth-order valence-corrected chi connectivity index (χ4v) is 4.35. The number of hydrogen-bond donors (Lipinski definition) is 0. The molecule has 140 valence electrons. The van der Waals surface area contributed by atoms with Gasteiger partial charge in [-0.3, -0.25) is 4.79 Å². The largest absolute Gasteiger partial charge is 0.369 e. The zero-order valence-corrected chi connectivity index (χ0v) is 15.8. The minimum atomic E-state index is -3.42. The van der Waals surface area contributed by atoms with Crippen molar-refractivity contribution in [2.45, 2.75) is 26.4 Å². The molecule has 0 N–H and O–H groups in total. The van der Waals surface area contributed by atoms with Gasteiger partial charge < -0.3 is 14.5 Å². The summed E-state index contributed by atoms with van der Waals surface area (Å²) in [6.45, 7) is 8.14. The van der Waals surface area contributed by atoms with Crippen LogP contribution in [0.3, 0.4) is 0 Å². The third-order valence-electron chi connectivity index (χ3n) is 4.77. The van der Waals surface area contributed by atoms with E-state index in [1.54, 1.807) is 9.21 Å². The second-order valence-corrected chi connectivity index (χ2v) is 8.45. The highest BCUT2D eigenvalue weighted by atomic mass is 32.2. The lowest BCUT2D eigenvalue weighted by Crippen LogP contribution is -2.57. The number of nitrogens with zero attached hydrogens (tertiary/aromatic N) is 4. The number of hydrogen-bond acceptors (Lipinski definition) is 5. The lowest BCUT2D eigenvalue weighted by atomic mass is 10.3. The Hall–Kier alpha value is -0.740. The van der Waals surface area contributed by atoms with Gasteiger partial charge in [0.2, 0.25) is 5.91 Å². The standard InChI is InChI=1S/C15H30N4O4S/c1-4-14(2)23-13-15(20)17-7-11-19(12-8-17)24(21,22)18-9-5-16(3)6-10-18/h14H,4-13H2,1-3H3. The van der Waals surface area contributed by atoms with Crippen LogP contribution in [0, 0.1) is 0 Å². The van der Waals surface area contributed by atoms with E-state index >= 15 is 0 Å². The van der Waals surface area contributed by atoms with Crippen molar-refractivity contribution in [3.63, 3.8) is 0 Å². The molecule has 0 saturated carbocycles. The molecule has 0 radical (unpaired) electrons. The lowest BCUT2D eigenvalue weighted by molar-refractivity contribution is -0.139. The van der Waals surface area contributed by atoms with Crippen molar-refractivity contribution in [3.8, 4) is 0 Å². The van der Waals surface area contributed by atoms with Gasteiger partial charge in [0.25, 0.3) is 10.2 Å². The van der Waals surface area contributed by atoms with E-state index in [4.69, 9.17) is 4.74 Å². The molecular weight excluding hydrogens is 332 g/mol. The van der Waals surface area contributed by atoms with Gasteiger partial charge in [-0.1, -0.05) is 6.92 Å². The Morgan fingerprint density at radius 3 is 2.00 bits per heavy atom. The maximum Gasteiger partial charge on any atom is 0.282 e. The average molecular weight is 362 g/mol. The number of amides is 1. The van der Waals surface area contributed by atoms with Crippen molar-refractivity contribution >= 4 is 16.1 Å². The number of ether oxygens (including phenoxy) is 1. The molecule has 0 aromatic carbocycles. The molecule has 1 amide bonds. The van der Waals surface area contributed by atoms with E-state index in [9.17, 15) is 13.2 Å². The Bertz CT molecular complexity index is 512. The average Bonchev–Trinajstić information content (AvgIpc) is 2.59. The van der Waals surface area contributed by atoms with Crippen molar-refractivity contribution in [2.24, 2.45) is 0 Å². The zero-order valence-electron chi connectivity index (χ0n) is 15.0. The van der Waals surface area contributed by atoms with Crippen LogP contribution >= 0.6 is 0 Å². The summed E-state index contributed by atoms with van der Waals surface area (Å²) in [5.41, 5.74) is 0. The Morgan fingerprint density at radius 2 is 1.50 bits per heavy atom. The third kappa shape index (κ3) is 4.89. The number of carbonyl (C=O) groups is 1. The van der Waals surface area contributed by atoms with Gasteiger partial charge in [-0.25, -0.2) is 0 Å². The number of rotatable bonds is 6. The molecule has 0 spiro atoms. The first-order valence-electron chi connectivity index (χ1n) is 8.67. The molecule has 0 bridgehead atoms. The van der Waals surface area contributed by atoms with Crippen LogP contribution in [0.4, 0.5) is 0 Å². The monoisotopic (exact) mass is 362 g/mol. The van der Waals surface area contributed by atoms with Crippen molar-refractivity contribution in [1.29, 1.82) is 0 Å². The van der Waals surface area contributed by atoms with Gasteiger partial charge in [0.1, 0.15) is 6.61 Å². The molecular formula is C15H30N4O4S. The Labute approximate surface area is 145 Å². The Morgan fingerprint density at radius 1 is 1.00 bits per heavy atom. The first kappa shape index (κ1) is 19.6. The molecule has 2 fully saturated rings. The maximum atomic E-state index is 12.7. The summed E-state index contributed by atoms with van der Waals surface area (Å²) in [5.74, 6) is -0.0630. The summed E-state index contributed by atoms with van der Waals surface area (Å²) < 4.78 is 33.9. The molecule has 0 aromatic rings. The van der Waals surface area contributed by atoms with E-state index in [1.165, 1.54) is 4.31 Å². The molecule has 9 heteroatoms. The molecule has 1 unspecified atom stereocenters. The minimum absolute atomic E-state index is 0.0628. The van der Waals surface area contributed by atoms with E-state index in [1.807, 2.05) is 20.9 Å². The molecule has 2 aliphatic heterocycles. The van der Waals surface area contributed by atoms with Crippen LogP contribution in [0.2, 0.25) is 0 Å². The van der Waals surface area contributed by atoms with Crippen molar-refractivity contribution in [2.75, 3.05) is 66.0 Å². The Kier molecular flexibility index (Phi) is 6.99. The van der Waals surface area contributed by atoms with Gasteiger partial charge >= 0.3 is 0 Å². The van der Waals surface area contributed by atoms with Crippen LogP contribution in [0.25, 0.3) is 0 Å². The molecule has 2 heterocycles. The Balaban J connectivity index is 1.82. The van der Waals surface area contributed by atoms with E-state index in [0.29, 0.717) is 39.3 Å². The van der Waals surface area contributed by atoms with E-state index < -0.39 is 10.2 Å². The first-order valence-corrected chi connectivity index (χ1v) is 10.1. The predicted octanol–water partition coefficient (Wildman–Crippen LogP) is -0.562. The smallest absolute Gasteiger partial charge is 0.282 e. The van der Waals surface area contributed by atoms with Gasteiger partial charge in [-0.2, -0.15) is 17.0 Å². The van der Waals surface area contributed by atoms with Crippen molar-refractivity contribution < 1.29 is 17.9 Å². The second-order valence-electron chi connectivity index (χ2n) is 6.52. The van der Waals surface area contributed by atoms with Gasteiger partial charge in [-0.05, 0) is 20.4 Å². The fourth-order valence-electron chi connectivity index (χ4n) is 2.77. The topological polar surface area (TPSA) is 73.4 Å². The fraction of sp³-hybridized carbons (Fsp3) is 0.933. The summed E-state index contributed by atoms with van der Waals surface area (Å²) in [6.07, 6.45) is 0.928. The van der Waals surface area contributed by atoms with Crippen LogP contribution in [-0.4, -0.2) is 105 Å². The number of likely N-dealkylation sites (N-methyl/N-ethyl adjacent to an activating group) is 1. The van der Waals surface area contributed by atoms with Crippen molar-refractivity contribution in [3.05, 3.63) is 0 Å². The van der Waals surface area contributed by atoms with Crippen LogP contribution in [0.1, 0.15) is 20.3 Å². The SMILES string of the molecule is CCC(C)OCC(=O)N1CCN(S(=O)(=O)N2CCN(C)CC2)CC1. The van der Waals surface area contributed by atoms with Gasteiger partial charge in [-0.15, -0.1) is 0 Å². The molecule has 8 nitrogen and oxygen atoms in total. The van der Waals surface area contributed by atoms with Crippen molar-refractivity contribution in [1.82, 2.24) is 18.4 Å². The van der Waals surface area contributed by atoms with E-state index in [2.05, 4.69) is 4.90 Å². The molecule has 0 aromatic heterocycles. The maximum absolute atomic E-state index is 12.7. The summed E-state index contributed by atoms with van der Waals surface area (Å²) in [5, 5.41) is 0. The molecule has 0 aliphatic carbocycles. The lowest BCUT2D eigenvalue weighted by Gasteiger charge is -2.39. The number of piperazine rings is 2. The van der Waals surface area contributed by atoms with E-state index in [0.717, 1.165) is 19.5 Å². The summed E-state index contributed by atoms with van der Waals surface area (Å²) in [6, 6.07) is 0. The molecule has 2 aliphatic rings. The first-order chi connectivity index (χ1) is 11.3. The highest BCUT2D eigenvalue weighted by Crippen LogP contribution is 2.14.